The second-order valence-electron chi connectivity index (χ2n) is 7.14. The summed E-state index contributed by atoms with van der Waals surface area (Å²) in [5.74, 6) is 0.00955. The predicted octanol–water partition coefficient (Wildman–Crippen LogP) is 3.70. The van der Waals surface area contributed by atoms with Crippen LogP contribution in [0.15, 0.2) is 54.6 Å². The fourth-order valence-corrected chi connectivity index (χ4v) is 3.68. The molecule has 3 rings (SSSR count). The van der Waals surface area contributed by atoms with E-state index in [1.165, 1.54) is 11.1 Å². The predicted molar refractivity (Wildman–Crippen MR) is 105 cm³/mol. The van der Waals surface area contributed by atoms with Crippen LogP contribution < -0.4 is 0 Å². The molecule has 1 fully saturated rings. The Hall–Kier alpha value is -2.46. The lowest BCUT2D eigenvalue weighted by molar-refractivity contribution is -0.142. The fourth-order valence-electron chi connectivity index (χ4n) is 3.68. The van der Waals surface area contributed by atoms with Crippen molar-refractivity contribution in [2.45, 2.75) is 51.3 Å². The van der Waals surface area contributed by atoms with Crippen molar-refractivity contribution in [3.05, 3.63) is 71.3 Å². The number of aldehydes is 1. The van der Waals surface area contributed by atoms with Crippen LogP contribution in [0.5, 0.6) is 0 Å². The Morgan fingerprint density at radius 1 is 1.11 bits per heavy atom. The Balaban J connectivity index is 1.54. The maximum absolute atomic E-state index is 12.8. The van der Waals surface area contributed by atoms with Gasteiger partial charge in [-0.15, -0.1) is 0 Å². The molecule has 2 atom stereocenters. The summed E-state index contributed by atoms with van der Waals surface area (Å²) in [6.07, 6.45) is 3.89. The molecule has 4 nitrogen and oxygen atoms in total. The van der Waals surface area contributed by atoms with Gasteiger partial charge in [0, 0.05) is 6.42 Å². The van der Waals surface area contributed by atoms with Crippen molar-refractivity contribution in [1.82, 2.24) is 4.90 Å². The van der Waals surface area contributed by atoms with Gasteiger partial charge in [-0.2, -0.15) is 0 Å². The molecule has 1 heterocycles. The summed E-state index contributed by atoms with van der Waals surface area (Å²) in [7, 11) is 0. The van der Waals surface area contributed by atoms with Gasteiger partial charge in [-0.1, -0.05) is 54.6 Å². The van der Waals surface area contributed by atoms with Gasteiger partial charge < -0.3 is 9.64 Å². The maximum Gasteiger partial charge on any atom is 0.225 e. The van der Waals surface area contributed by atoms with E-state index in [-0.39, 0.29) is 11.9 Å². The smallest absolute Gasteiger partial charge is 0.225 e. The average molecular weight is 365 g/mol. The van der Waals surface area contributed by atoms with Crippen molar-refractivity contribution in [3.8, 4) is 0 Å². The molecule has 0 N–H and O–H groups in total. The van der Waals surface area contributed by atoms with Crippen LogP contribution in [-0.2, 0) is 27.2 Å². The van der Waals surface area contributed by atoms with Crippen molar-refractivity contribution in [2.75, 3.05) is 6.61 Å². The molecule has 27 heavy (non-hydrogen) atoms. The number of hydrogen-bond acceptors (Lipinski definition) is 3. The van der Waals surface area contributed by atoms with E-state index in [1.807, 2.05) is 36.4 Å². The van der Waals surface area contributed by atoms with Crippen LogP contribution in [0.4, 0.5) is 0 Å². The lowest BCUT2D eigenvalue weighted by Gasteiger charge is -2.26. The van der Waals surface area contributed by atoms with Gasteiger partial charge >= 0.3 is 0 Å². The summed E-state index contributed by atoms with van der Waals surface area (Å²) in [5.41, 5.74) is 3.78. The van der Waals surface area contributed by atoms with Gasteiger partial charge in [0.05, 0.1) is 12.6 Å². The first-order chi connectivity index (χ1) is 13.2. The Kier molecular flexibility index (Phi) is 6.77. The van der Waals surface area contributed by atoms with Gasteiger partial charge in [-0.05, 0) is 49.3 Å². The number of hydrogen-bond donors (Lipinski definition) is 0. The highest BCUT2D eigenvalue weighted by atomic mass is 16.5. The summed E-state index contributed by atoms with van der Waals surface area (Å²) >= 11 is 0. The van der Waals surface area contributed by atoms with Crippen molar-refractivity contribution >= 4 is 12.2 Å². The molecule has 2 aromatic carbocycles. The van der Waals surface area contributed by atoms with Crippen LogP contribution in [0.3, 0.4) is 0 Å². The van der Waals surface area contributed by atoms with E-state index >= 15 is 0 Å². The number of ether oxygens (including phenoxy) is 1. The minimum Gasteiger partial charge on any atom is -0.349 e. The summed E-state index contributed by atoms with van der Waals surface area (Å²) in [5, 5.41) is 0. The quantitative estimate of drug-likeness (QED) is 0.529. The highest BCUT2D eigenvalue weighted by molar-refractivity contribution is 5.80. The molecule has 1 saturated heterocycles. The first-order valence-electron chi connectivity index (χ1n) is 9.65. The second-order valence-corrected chi connectivity index (χ2v) is 7.14. The summed E-state index contributed by atoms with van der Waals surface area (Å²) < 4.78 is 5.55. The van der Waals surface area contributed by atoms with E-state index in [0.717, 1.165) is 31.1 Å². The van der Waals surface area contributed by atoms with E-state index < -0.39 is 6.23 Å². The summed E-state index contributed by atoms with van der Waals surface area (Å²) in [4.78, 5) is 25.8. The molecular formula is C23H27NO3. The molecule has 0 spiro atoms. The van der Waals surface area contributed by atoms with Gasteiger partial charge in [0.2, 0.25) is 5.91 Å². The van der Waals surface area contributed by atoms with E-state index in [0.29, 0.717) is 19.4 Å². The summed E-state index contributed by atoms with van der Waals surface area (Å²) in [6, 6.07) is 18.3. The zero-order valence-corrected chi connectivity index (χ0v) is 15.8. The topological polar surface area (TPSA) is 46.6 Å². The molecule has 1 amide bonds. The molecule has 142 valence electrons. The first kappa shape index (κ1) is 19.3. The molecule has 0 saturated carbocycles. The van der Waals surface area contributed by atoms with E-state index in [2.05, 4.69) is 25.1 Å². The Morgan fingerprint density at radius 3 is 2.59 bits per heavy atom. The molecule has 4 heteroatoms. The number of unbranched alkanes of at least 4 members (excludes halogenated alkanes) is 1. The van der Waals surface area contributed by atoms with E-state index in [9.17, 15) is 9.59 Å². The zero-order chi connectivity index (χ0) is 19.1. The molecule has 0 aromatic heterocycles. The van der Waals surface area contributed by atoms with E-state index in [4.69, 9.17) is 4.74 Å². The lowest BCUT2D eigenvalue weighted by atomic mass is 10.0. The van der Waals surface area contributed by atoms with Gasteiger partial charge in [0.25, 0.3) is 0 Å². The van der Waals surface area contributed by atoms with Crippen LogP contribution in [-0.4, -0.2) is 36.0 Å². The third-order valence-corrected chi connectivity index (χ3v) is 5.19. The highest BCUT2D eigenvalue weighted by Crippen LogP contribution is 2.22. The lowest BCUT2D eigenvalue weighted by Crippen LogP contribution is -2.43. The van der Waals surface area contributed by atoms with Crippen molar-refractivity contribution < 1.29 is 14.3 Å². The Labute approximate surface area is 161 Å². The SMILES string of the molecule is Cc1ccccc1CCCCC(=O)N1C(Cc2ccccc2)COC1C=O. The van der Waals surface area contributed by atoms with Crippen LogP contribution >= 0.6 is 0 Å². The molecule has 0 radical (unpaired) electrons. The van der Waals surface area contributed by atoms with Crippen molar-refractivity contribution in [3.63, 3.8) is 0 Å². The van der Waals surface area contributed by atoms with Crippen LogP contribution in [0.25, 0.3) is 0 Å². The van der Waals surface area contributed by atoms with E-state index in [1.54, 1.807) is 4.90 Å². The largest absolute Gasteiger partial charge is 0.349 e. The number of rotatable bonds is 8. The molecule has 1 aliphatic heterocycles. The third kappa shape index (κ3) is 5.04. The monoisotopic (exact) mass is 365 g/mol. The van der Waals surface area contributed by atoms with Crippen LogP contribution in [0, 0.1) is 6.92 Å². The molecule has 1 aliphatic rings. The zero-order valence-electron chi connectivity index (χ0n) is 15.8. The molecule has 2 aromatic rings. The van der Waals surface area contributed by atoms with Gasteiger partial charge in [-0.25, -0.2) is 0 Å². The number of carbonyl (C=O) groups is 2. The van der Waals surface area contributed by atoms with Crippen LogP contribution in [0.2, 0.25) is 0 Å². The number of carbonyl (C=O) groups excluding carboxylic acids is 2. The number of benzene rings is 2. The number of amides is 1. The van der Waals surface area contributed by atoms with Gasteiger partial charge in [0.15, 0.2) is 12.5 Å². The number of aryl methyl sites for hydroxylation is 2. The Bertz CT molecular complexity index is 759. The Morgan fingerprint density at radius 2 is 1.85 bits per heavy atom. The van der Waals surface area contributed by atoms with Crippen LogP contribution in [0.1, 0.15) is 36.0 Å². The first-order valence-corrected chi connectivity index (χ1v) is 9.65. The number of nitrogens with zero attached hydrogens (tertiary/aromatic N) is 1. The van der Waals surface area contributed by atoms with Gasteiger partial charge in [0.1, 0.15) is 0 Å². The normalized spacial score (nSPS) is 19.2. The molecular weight excluding hydrogens is 338 g/mol. The van der Waals surface area contributed by atoms with Gasteiger partial charge in [-0.3, -0.25) is 9.59 Å². The van der Waals surface area contributed by atoms with Crippen molar-refractivity contribution in [1.29, 1.82) is 0 Å². The second kappa shape index (κ2) is 9.47. The fraction of sp³-hybridized carbons (Fsp3) is 0.391. The molecule has 0 aliphatic carbocycles. The molecule has 0 bridgehead atoms. The standard InChI is InChI=1S/C23H27NO3/c1-18-9-5-6-12-20(18)13-7-8-14-22(26)24-21(17-27-23(24)16-25)15-19-10-3-2-4-11-19/h2-6,9-12,16,21,23H,7-8,13-15,17H2,1H3. The minimum absolute atomic E-state index is 0.00955. The average Bonchev–Trinajstić information content (AvgIpc) is 3.10. The highest BCUT2D eigenvalue weighted by Gasteiger charge is 2.37. The van der Waals surface area contributed by atoms with Crippen molar-refractivity contribution in [2.24, 2.45) is 0 Å². The summed E-state index contributed by atoms with van der Waals surface area (Å²) in [6.45, 7) is 2.53. The third-order valence-electron chi connectivity index (χ3n) is 5.19. The molecule has 2 unspecified atom stereocenters. The maximum atomic E-state index is 12.8. The minimum atomic E-state index is -0.748.